The summed E-state index contributed by atoms with van der Waals surface area (Å²) in [6.07, 6.45) is 6.43. The van der Waals surface area contributed by atoms with Crippen molar-refractivity contribution in [3.8, 4) is 0 Å². The topological polar surface area (TPSA) is 17.1 Å². The third-order valence-corrected chi connectivity index (χ3v) is 1.91. The molecule has 0 spiro atoms. The molecule has 0 unspecified atom stereocenters. The third-order valence-electron chi connectivity index (χ3n) is 1.63. The van der Waals surface area contributed by atoms with Crippen LogP contribution in [0.4, 0.5) is 0 Å². The maximum Gasteiger partial charge on any atom is 0.225 e. The van der Waals surface area contributed by atoms with Crippen molar-refractivity contribution in [1.82, 2.24) is 0 Å². The lowest BCUT2D eigenvalue weighted by molar-refractivity contribution is -0.112. The van der Waals surface area contributed by atoms with Crippen LogP contribution < -0.4 is 0 Å². The number of carbonyl (C=O) groups is 1. The Labute approximate surface area is 65.4 Å². The van der Waals surface area contributed by atoms with E-state index < -0.39 is 0 Å². The summed E-state index contributed by atoms with van der Waals surface area (Å²) in [4.78, 5) is 10.5. The van der Waals surface area contributed by atoms with Gasteiger partial charge >= 0.3 is 0 Å². The highest BCUT2D eigenvalue weighted by Crippen LogP contribution is 2.41. The van der Waals surface area contributed by atoms with Crippen LogP contribution in [0, 0.1) is 11.8 Å². The van der Waals surface area contributed by atoms with Crippen LogP contribution >= 0.6 is 11.6 Å². The molecule has 0 aliphatic heterocycles. The second kappa shape index (κ2) is 3.02. The molecule has 1 aliphatic rings. The van der Waals surface area contributed by atoms with Crippen LogP contribution in [0.1, 0.15) is 6.42 Å². The molecule has 2 atom stereocenters. The fourth-order valence-electron chi connectivity index (χ4n) is 0.910. The van der Waals surface area contributed by atoms with E-state index in [0.29, 0.717) is 5.92 Å². The molecule has 0 radical (unpaired) electrons. The molecule has 10 heavy (non-hydrogen) atoms. The summed E-state index contributed by atoms with van der Waals surface area (Å²) in [6, 6.07) is 0. The SMILES string of the molecule is C=C/C=C/[C@@H]1C[C@@H]1C(=O)Cl. The molecule has 54 valence electrons. The molecular weight excluding hydrogens is 148 g/mol. The molecule has 0 amide bonds. The Bertz CT molecular complexity index is 184. The summed E-state index contributed by atoms with van der Waals surface area (Å²) in [5.74, 6) is 0.459. The largest absolute Gasteiger partial charge is 0.281 e. The van der Waals surface area contributed by atoms with Gasteiger partial charge in [0.25, 0.3) is 0 Å². The van der Waals surface area contributed by atoms with Gasteiger partial charge in [-0.3, -0.25) is 4.79 Å². The number of rotatable bonds is 3. The minimum atomic E-state index is -0.210. The molecule has 0 bridgehead atoms. The van der Waals surface area contributed by atoms with E-state index in [1.54, 1.807) is 6.08 Å². The van der Waals surface area contributed by atoms with Crippen molar-refractivity contribution >= 4 is 16.8 Å². The Hall–Kier alpha value is -0.560. The Kier molecular flexibility index (Phi) is 2.28. The van der Waals surface area contributed by atoms with Crippen LogP contribution in [0.25, 0.3) is 0 Å². The Balaban J connectivity index is 2.32. The first-order chi connectivity index (χ1) is 4.75. The summed E-state index contributed by atoms with van der Waals surface area (Å²) in [7, 11) is 0. The highest BCUT2D eigenvalue weighted by molar-refractivity contribution is 6.64. The van der Waals surface area contributed by atoms with Gasteiger partial charge < -0.3 is 0 Å². The quantitative estimate of drug-likeness (QED) is 0.452. The van der Waals surface area contributed by atoms with E-state index in [9.17, 15) is 4.79 Å². The van der Waals surface area contributed by atoms with Gasteiger partial charge in [0.2, 0.25) is 5.24 Å². The monoisotopic (exact) mass is 156 g/mol. The number of hydrogen-bond donors (Lipinski definition) is 0. The molecule has 1 aliphatic carbocycles. The van der Waals surface area contributed by atoms with E-state index >= 15 is 0 Å². The van der Waals surface area contributed by atoms with Crippen molar-refractivity contribution in [2.75, 3.05) is 0 Å². The molecule has 0 aromatic carbocycles. The molecule has 0 N–H and O–H groups in total. The van der Waals surface area contributed by atoms with Gasteiger partial charge in [0.05, 0.1) is 0 Å². The normalized spacial score (nSPS) is 30.5. The van der Waals surface area contributed by atoms with Gasteiger partial charge in [0.1, 0.15) is 0 Å². The molecule has 0 saturated heterocycles. The molecule has 1 fully saturated rings. The van der Waals surface area contributed by atoms with Crippen LogP contribution in [-0.2, 0) is 4.79 Å². The molecular formula is C8H9ClO. The summed E-state index contributed by atoms with van der Waals surface area (Å²) in [5.41, 5.74) is 0. The van der Waals surface area contributed by atoms with Gasteiger partial charge in [-0.15, -0.1) is 0 Å². The van der Waals surface area contributed by atoms with Gasteiger partial charge in [-0.1, -0.05) is 24.8 Å². The van der Waals surface area contributed by atoms with Crippen LogP contribution in [0.3, 0.4) is 0 Å². The maximum absolute atomic E-state index is 10.5. The van der Waals surface area contributed by atoms with Crippen molar-refractivity contribution in [2.24, 2.45) is 11.8 Å². The molecule has 0 aromatic rings. The van der Waals surface area contributed by atoms with Crippen molar-refractivity contribution in [3.63, 3.8) is 0 Å². The minimum absolute atomic E-state index is 0.0814. The molecule has 1 nitrogen and oxygen atoms in total. The predicted molar refractivity (Wildman–Crippen MR) is 41.8 cm³/mol. The number of allylic oxidation sites excluding steroid dienone is 3. The van der Waals surface area contributed by atoms with Gasteiger partial charge in [0, 0.05) is 5.92 Å². The van der Waals surface area contributed by atoms with Crippen molar-refractivity contribution in [2.45, 2.75) is 6.42 Å². The van der Waals surface area contributed by atoms with E-state index in [2.05, 4.69) is 6.58 Å². The van der Waals surface area contributed by atoms with Gasteiger partial charge in [-0.05, 0) is 23.9 Å². The fourth-order valence-corrected chi connectivity index (χ4v) is 1.16. The van der Waals surface area contributed by atoms with Gasteiger partial charge in [-0.25, -0.2) is 0 Å². The molecule has 0 heterocycles. The first-order valence-electron chi connectivity index (χ1n) is 3.24. The highest BCUT2D eigenvalue weighted by Gasteiger charge is 2.39. The van der Waals surface area contributed by atoms with Gasteiger partial charge in [-0.2, -0.15) is 0 Å². The fraction of sp³-hybridized carbons (Fsp3) is 0.375. The lowest BCUT2D eigenvalue weighted by atomic mass is 10.3. The second-order valence-electron chi connectivity index (χ2n) is 2.43. The van der Waals surface area contributed by atoms with Crippen LogP contribution in [0.2, 0.25) is 0 Å². The van der Waals surface area contributed by atoms with Crippen molar-refractivity contribution < 1.29 is 4.79 Å². The maximum atomic E-state index is 10.5. The lowest BCUT2D eigenvalue weighted by Gasteiger charge is -1.81. The summed E-state index contributed by atoms with van der Waals surface area (Å²) < 4.78 is 0. The second-order valence-corrected chi connectivity index (χ2v) is 2.80. The first-order valence-corrected chi connectivity index (χ1v) is 3.62. The van der Waals surface area contributed by atoms with E-state index in [1.165, 1.54) is 0 Å². The average Bonchev–Trinajstić information content (AvgIpc) is 2.62. The molecule has 1 rings (SSSR count). The van der Waals surface area contributed by atoms with Crippen LogP contribution in [-0.4, -0.2) is 5.24 Å². The van der Waals surface area contributed by atoms with Gasteiger partial charge in [0.15, 0.2) is 0 Å². The van der Waals surface area contributed by atoms with E-state index in [1.807, 2.05) is 12.2 Å². The minimum Gasteiger partial charge on any atom is -0.281 e. The number of hydrogen-bond acceptors (Lipinski definition) is 1. The molecule has 2 heteroatoms. The van der Waals surface area contributed by atoms with E-state index in [-0.39, 0.29) is 11.2 Å². The summed E-state index contributed by atoms with van der Waals surface area (Å²) in [5, 5.41) is -0.210. The summed E-state index contributed by atoms with van der Waals surface area (Å²) in [6.45, 7) is 3.53. The molecule has 1 saturated carbocycles. The molecule has 0 aromatic heterocycles. The smallest absolute Gasteiger partial charge is 0.225 e. The highest BCUT2D eigenvalue weighted by atomic mass is 35.5. The third kappa shape index (κ3) is 1.71. The lowest BCUT2D eigenvalue weighted by Crippen LogP contribution is -1.89. The van der Waals surface area contributed by atoms with E-state index in [0.717, 1.165) is 6.42 Å². The Morgan fingerprint density at radius 1 is 1.70 bits per heavy atom. The van der Waals surface area contributed by atoms with Crippen molar-refractivity contribution in [1.29, 1.82) is 0 Å². The van der Waals surface area contributed by atoms with Crippen LogP contribution in [0.15, 0.2) is 24.8 Å². The van der Waals surface area contributed by atoms with E-state index in [4.69, 9.17) is 11.6 Å². The zero-order valence-electron chi connectivity index (χ0n) is 5.59. The van der Waals surface area contributed by atoms with Crippen molar-refractivity contribution in [3.05, 3.63) is 24.8 Å². The Morgan fingerprint density at radius 3 is 2.80 bits per heavy atom. The zero-order valence-corrected chi connectivity index (χ0v) is 6.34. The summed E-state index contributed by atoms with van der Waals surface area (Å²) >= 11 is 5.25. The number of carbonyl (C=O) groups excluding carboxylic acids is 1. The van der Waals surface area contributed by atoms with Crippen LogP contribution in [0.5, 0.6) is 0 Å². The zero-order chi connectivity index (χ0) is 7.56. The predicted octanol–water partition coefficient (Wildman–Crippen LogP) is 2.13. The Morgan fingerprint density at radius 2 is 2.40 bits per heavy atom. The first kappa shape index (κ1) is 7.55. The number of halogens is 1. The average molecular weight is 157 g/mol. The standard InChI is InChI=1S/C8H9ClO/c1-2-3-4-6-5-7(6)8(9)10/h2-4,6-7H,1,5H2/b4-3+/t6-,7+/m1/s1.